The van der Waals surface area contributed by atoms with Crippen molar-refractivity contribution in [3.63, 3.8) is 0 Å². The first-order chi connectivity index (χ1) is 18.9. The summed E-state index contributed by atoms with van der Waals surface area (Å²) in [5.41, 5.74) is 0. The third kappa shape index (κ3) is 12.1. The fourth-order valence-electron chi connectivity index (χ4n) is 4.33. The fraction of sp³-hybridized carbons (Fsp3) is 0.654. The second kappa shape index (κ2) is 17.7. The first kappa shape index (κ1) is 31.4. The molecule has 1 fully saturated rings. The molecule has 0 aromatic carbocycles. The Morgan fingerprint density at radius 3 is 2.79 bits per heavy atom. The maximum Gasteiger partial charge on any atom is 0.315 e. The van der Waals surface area contributed by atoms with Crippen LogP contribution in [0.4, 0.5) is 4.79 Å². The van der Waals surface area contributed by atoms with Crippen molar-refractivity contribution >= 4 is 30.2 Å². The van der Waals surface area contributed by atoms with Crippen molar-refractivity contribution in [2.24, 2.45) is 16.9 Å². The molecule has 1 saturated heterocycles. The minimum Gasteiger partial charge on any atom is -0.467 e. The Kier molecular flexibility index (Phi) is 14.3. The van der Waals surface area contributed by atoms with Crippen molar-refractivity contribution in [2.45, 2.75) is 65.0 Å². The maximum atomic E-state index is 13.5. The Labute approximate surface area is 229 Å². The molecule has 1 aliphatic heterocycles. The fourth-order valence-corrected chi connectivity index (χ4v) is 4.33. The monoisotopic (exact) mass is 549 g/mol. The molecule has 1 aromatic rings. The lowest BCUT2D eigenvalue weighted by molar-refractivity contribution is -0.144. The number of hydrogen-bond acceptors (Lipinski definition) is 8. The van der Waals surface area contributed by atoms with Gasteiger partial charge in [0.25, 0.3) is 0 Å². The molecule has 39 heavy (non-hydrogen) atoms. The topological polar surface area (TPSA) is 172 Å². The number of ether oxygens (including phenoxy) is 1. The van der Waals surface area contributed by atoms with Crippen LogP contribution in [0, 0.1) is 5.92 Å². The van der Waals surface area contributed by atoms with Crippen molar-refractivity contribution in [2.75, 3.05) is 39.3 Å². The van der Waals surface area contributed by atoms with E-state index in [0.29, 0.717) is 25.3 Å². The molecule has 0 radical (unpaired) electrons. The van der Waals surface area contributed by atoms with Crippen LogP contribution in [-0.4, -0.2) is 85.3 Å². The molecule has 13 heteroatoms. The Hall–Kier alpha value is -3.77. The van der Waals surface area contributed by atoms with Gasteiger partial charge in [-0.15, -0.1) is 0 Å². The summed E-state index contributed by atoms with van der Waals surface area (Å²) >= 11 is 0. The predicted octanol–water partition coefficient (Wildman–Crippen LogP) is 1.15. The average molecular weight is 550 g/mol. The molecule has 0 saturated carbocycles. The second-order valence-corrected chi connectivity index (χ2v) is 9.47. The number of nitrogens with one attached hydrogen (secondary N) is 3. The number of nitrogens with zero attached hydrogens (tertiary/aromatic N) is 3. The van der Waals surface area contributed by atoms with Crippen LogP contribution >= 0.6 is 0 Å². The highest BCUT2D eigenvalue weighted by atomic mass is 16.5. The van der Waals surface area contributed by atoms with E-state index in [9.17, 15) is 19.2 Å². The molecule has 0 bridgehead atoms. The number of amides is 4. The van der Waals surface area contributed by atoms with Crippen molar-refractivity contribution in [1.82, 2.24) is 25.8 Å². The minimum atomic E-state index is -1.12. The summed E-state index contributed by atoms with van der Waals surface area (Å²) in [7, 11) is 0. The third-order valence-corrected chi connectivity index (χ3v) is 6.35. The van der Waals surface area contributed by atoms with E-state index in [1.807, 2.05) is 11.8 Å². The molecule has 0 spiro atoms. The van der Waals surface area contributed by atoms with Gasteiger partial charge in [0.15, 0.2) is 0 Å². The van der Waals surface area contributed by atoms with E-state index in [1.54, 1.807) is 25.4 Å². The SMILES string of the molecule is CCCCN(CCC(=O)OCC)C(=O)[C@H](CC(=O)NC[C@@H]1CCCN(C=NN)C1)NC(=O)NCc1ccco1. The molecule has 0 unspecified atom stereocenters. The van der Waals surface area contributed by atoms with E-state index >= 15 is 0 Å². The second-order valence-electron chi connectivity index (χ2n) is 9.47. The molecule has 1 aromatic heterocycles. The number of furan rings is 1. The van der Waals surface area contributed by atoms with Crippen LogP contribution in [0.5, 0.6) is 0 Å². The van der Waals surface area contributed by atoms with E-state index in [-0.39, 0.29) is 44.4 Å². The lowest BCUT2D eigenvalue weighted by atomic mass is 9.98. The zero-order valence-corrected chi connectivity index (χ0v) is 23.0. The highest BCUT2D eigenvalue weighted by Crippen LogP contribution is 2.14. The van der Waals surface area contributed by atoms with Gasteiger partial charge in [0.05, 0.1) is 32.3 Å². The van der Waals surface area contributed by atoms with E-state index in [2.05, 4.69) is 21.1 Å². The van der Waals surface area contributed by atoms with Gasteiger partial charge in [0, 0.05) is 32.7 Å². The van der Waals surface area contributed by atoms with Gasteiger partial charge in [-0.25, -0.2) is 4.79 Å². The molecular formula is C26H43N7O6. The van der Waals surface area contributed by atoms with Crippen LogP contribution in [0.2, 0.25) is 0 Å². The van der Waals surface area contributed by atoms with Gasteiger partial charge in [-0.3, -0.25) is 14.4 Å². The number of carbonyl (C=O) groups is 4. The summed E-state index contributed by atoms with van der Waals surface area (Å²) in [4.78, 5) is 54.6. The Balaban J connectivity index is 2.04. The first-order valence-electron chi connectivity index (χ1n) is 13.6. The van der Waals surface area contributed by atoms with Crippen LogP contribution in [-0.2, 0) is 25.7 Å². The van der Waals surface area contributed by atoms with Crippen LogP contribution in [0.1, 0.15) is 58.1 Å². The number of carbonyl (C=O) groups excluding carboxylic acids is 4. The molecule has 4 amide bonds. The highest BCUT2D eigenvalue weighted by Gasteiger charge is 2.29. The van der Waals surface area contributed by atoms with E-state index < -0.39 is 23.9 Å². The molecule has 13 nitrogen and oxygen atoms in total. The van der Waals surface area contributed by atoms with Crippen molar-refractivity contribution in [1.29, 1.82) is 0 Å². The van der Waals surface area contributed by atoms with Crippen LogP contribution in [0.25, 0.3) is 0 Å². The number of piperidine rings is 1. The molecule has 2 heterocycles. The number of rotatable bonds is 16. The summed E-state index contributed by atoms with van der Waals surface area (Å²) in [6, 6.07) is 1.69. The zero-order chi connectivity index (χ0) is 28.5. The summed E-state index contributed by atoms with van der Waals surface area (Å²) in [5.74, 6) is 4.82. The quantitative estimate of drug-likeness (QED) is 0.0782. The van der Waals surface area contributed by atoms with E-state index in [0.717, 1.165) is 32.4 Å². The number of unbranched alkanes of at least 4 members (excludes halogenated alkanes) is 1. The number of hydrogen-bond donors (Lipinski definition) is 4. The van der Waals surface area contributed by atoms with Gasteiger partial charge < -0.3 is 40.7 Å². The van der Waals surface area contributed by atoms with Crippen molar-refractivity contribution in [3.8, 4) is 0 Å². The summed E-state index contributed by atoms with van der Waals surface area (Å²) in [5, 5.41) is 11.8. The van der Waals surface area contributed by atoms with Gasteiger partial charge in [0.1, 0.15) is 18.1 Å². The van der Waals surface area contributed by atoms with Gasteiger partial charge in [-0.05, 0) is 44.2 Å². The minimum absolute atomic E-state index is 0.0250. The largest absolute Gasteiger partial charge is 0.467 e. The molecule has 0 aliphatic carbocycles. The highest BCUT2D eigenvalue weighted by molar-refractivity contribution is 5.92. The van der Waals surface area contributed by atoms with Crippen LogP contribution in [0.3, 0.4) is 0 Å². The van der Waals surface area contributed by atoms with Gasteiger partial charge >= 0.3 is 12.0 Å². The van der Waals surface area contributed by atoms with Crippen molar-refractivity contribution in [3.05, 3.63) is 24.2 Å². The summed E-state index contributed by atoms with van der Waals surface area (Å²) < 4.78 is 10.2. The molecule has 218 valence electrons. The van der Waals surface area contributed by atoms with Gasteiger partial charge in [-0.1, -0.05) is 13.3 Å². The Morgan fingerprint density at radius 1 is 1.28 bits per heavy atom. The maximum absolute atomic E-state index is 13.5. The lowest BCUT2D eigenvalue weighted by Gasteiger charge is -2.31. The molecule has 2 rings (SSSR count). The van der Waals surface area contributed by atoms with Crippen LogP contribution in [0.15, 0.2) is 27.9 Å². The average Bonchev–Trinajstić information content (AvgIpc) is 3.45. The smallest absolute Gasteiger partial charge is 0.315 e. The molecule has 5 N–H and O–H groups in total. The first-order valence-corrected chi connectivity index (χ1v) is 13.6. The summed E-state index contributed by atoms with van der Waals surface area (Å²) in [6.45, 7) is 6.61. The van der Waals surface area contributed by atoms with Gasteiger partial charge in [0.2, 0.25) is 11.8 Å². The van der Waals surface area contributed by atoms with E-state index in [4.69, 9.17) is 15.0 Å². The number of nitrogens with two attached hydrogens (primary N) is 1. The number of esters is 1. The molecule has 2 atom stereocenters. The normalized spacial score (nSPS) is 15.9. The number of hydrazone groups is 1. The lowest BCUT2D eigenvalue weighted by Crippen LogP contribution is -2.53. The number of likely N-dealkylation sites (tertiary alicyclic amines) is 1. The summed E-state index contributed by atoms with van der Waals surface area (Å²) in [6.07, 6.45) is 6.32. The Bertz CT molecular complexity index is 924. The zero-order valence-electron chi connectivity index (χ0n) is 23.0. The van der Waals surface area contributed by atoms with Crippen LogP contribution < -0.4 is 21.8 Å². The van der Waals surface area contributed by atoms with E-state index in [1.165, 1.54) is 11.2 Å². The number of urea groups is 1. The van der Waals surface area contributed by atoms with Gasteiger partial charge in [-0.2, -0.15) is 5.10 Å². The third-order valence-electron chi connectivity index (χ3n) is 6.35. The predicted molar refractivity (Wildman–Crippen MR) is 145 cm³/mol. The Morgan fingerprint density at radius 2 is 2.10 bits per heavy atom. The molecule has 1 aliphatic rings. The standard InChI is InChI=1S/C26H43N7O6/c1-3-5-12-33(13-10-24(35)38-4-2)25(36)22(31-26(37)29-17-21-9-7-14-39-21)15-23(34)28-16-20-8-6-11-32(18-20)19-30-27/h7,9,14,19-20,22H,3-6,8,10-13,15-18,27H2,1-2H3,(H,28,34)(H2,29,31,37)/t20-,22-/m0/s1. The molecular weight excluding hydrogens is 506 g/mol. The van der Waals surface area contributed by atoms with Crippen molar-refractivity contribution < 1.29 is 28.3 Å².